The molecule has 18 heavy (non-hydrogen) atoms. The maximum atomic E-state index is 3.64. The Morgan fingerprint density at radius 3 is 2.50 bits per heavy atom. The van der Waals surface area contributed by atoms with Gasteiger partial charge in [-0.05, 0) is 44.9 Å². The predicted molar refractivity (Wildman–Crippen MR) is 81.1 cm³/mol. The molecule has 0 spiro atoms. The summed E-state index contributed by atoms with van der Waals surface area (Å²) >= 11 is 0. The fraction of sp³-hybridized carbons (Fsp3) is 0.647. The first kappa shape index (κ1) is 15.2. The maximum absolute atomic E-state index is 3.64. The Bertz CT molecular complexity index is 343. The topological polar surface area (TPSA) is 12.0 Å². The summed E-state index contributed by atoms with van der Waals surface area (Å²) in [5.74, 6) is 0. The number of hydrogen-bond acceptors (Lipinski definition) is 1. The summed E-state index contributed by atoms with van der Waals surface area (Å²) in [6.45, 7) is 10.0. The van der Waals surface area contributed by atoms with Crippen molar-refractivity contribution < 1.29 is 0 Å². The third kappa shape index (κ3) is 5.22. The summed E-state index contributed by atoms with van der Waals surface area (Å²) in [4.78, 5) is 0. The molecule has 0 amide bonds. The van der Waals surface area contributed by atoms with E-state index < -0.39 is 0 Å². The highest BCUT2D eigenvalue weighted by atomic mass is 14.9. The Morgan fingerprint density at radius 1 is 1.06 bits per heavy atom. The van der Waals surface area contributed by atoms with Crippen LogP contribution in [0.3, 0.4) is 0 Å². The lowest BCUT2D eigenvalue weighted by Gasteiger charge is -2.17. The van der Waals surface area contributed by atoms with Gasteiger partial charge in [0.25, 0.3) is 0 Å². The van der Waals surface area contributed by atoms with Gasteiger partial charge in [0.2, 0.25) is 0 Å². The van der Waals surface area contributed by atoms with E-state index in [0.717, 1.165) is 6.54 Å². The Hall–Kier alpha value is -0.820. The molecule has 1 nitrogen and oxygen atoms in total. The molecule has 0 radical (unpaired) electrons. The van der Waals surface area contributed by atoms with E-state index in [2.05, 4.69) is 51.2 Å². The number of nitrogens with one attached hydrogen (secondary N) is 1. The van der Waals surface area contributed by atoms with E-state index in [1.54, 1.807) is 0 Å². The summed E-state index contributed by atoms with van der Waals surface area (Å²) < 4.78 is 0. The van der Waals surface area contributed by atoms with Crippen LogP contribution in [0.2, 0.25) is 0 Å². The van der Waals surface area contributed by atoms with Crippen molar-refractivity contribution in [3.63, 3.8) is 0 Å². The lowest BCUT2D eigenvalue weighted by molar-refractivity contribution is 0.530. The first-order valence-corrected chi connectivity index (χ1v) is 7.45. The first-order chi connectivity index (χ1) is 8.65. The van der Waals surface area contributed by atoms with Crippen molar-refractivity contribution >= 4 is 0 Å². The molecule has 1 atom stereocenters. The van der Waals surface area contributed by atoms with Gasteiger partial charge in [-0.25, -0.2) is 0 Å². The molecular formula is C17H29N. The van der Waals surface area contributed by atoms with Gasteiger partial charge in [0, 0.05) is 6.04 Å². The number of rotatable bonds is 8. The molecule has 0 saturated carbocycles. The number of benzene rings is 1. The quantitative estimate of drug-likeness (QED) is 0.643. The van der Waals surface area contributed by atoms with Crippen molar-refractivity contribution in [2.45, 2.75) is 65.8 Å². The predicted octanol–water partition coefficient (Wildman–Crippen LogP) is 4.92. The van der Waals surface area contributed by atoms with E-state index in [9.17, 15) is 0 Å². The summed E-state index contributed by atoms with van der Waals surface area (Å²) in [6, 6.07) is 7.20. The van der Waals surface area contributed by atoms with Gasteiger partial charge in [-0.15, -0.1) is 0 Å². The fourth-order valence-corrected chi connectivity index (χ4v) is 2.38. The van der Waals surface area contributed by atoms with Gasteiger partial charge in [-0.3, -0.25) is 0 Å². The lowest BCUT2D eigenvalue weighted by Crippen LogP contribution is -2.20. The smallest absolute Gasteiger partial charge is 0.0294 e. The summed E-state index contributed by atoms with van der Waals surface area (Å²) in [7, 11) is 0. The molecule has 1 N–H and O–H groups in total. The van der Waals surface area contributed by atoms with Gasteiger partial charge in [0.15, 0.2) is 0 Å². The van der Waals surface area contributed by atoms with E-state index >= 15 is 0 Å². The van der Waals surface area contributed by atoms with Crippen molar-refractivity contribution in [2.24, 2.45) is 0 Å². The standard InChI is InChI=1S/C17H29N/c1-5-6-7-8-9-12-18-16(4)17-13-14(2)10-11-15(17)3/h10-11,13,16,18H,5-9,12H2,1-4H3. The molecule has 0 heterocycles. The van der Waals surface area contributed by atoms with Crippen LogP contribution >= 0.6 is 0 Å². The molecule has 1 aromatic carbocycles. The van der Waals surface area contributed by atoms with Crippen LogP contribution in [0.1, 0.15) is 68.7 Å². The van der Waals surface area contributed by atoms with Crippen molar-refractivity contribution in [1.82, 2.24) is 5.32 Å². The van der Waals surface area contributed by atoms with Crippen molar-refractivity contribution in [3.8, 4) is 0 Å². The third-order valence-corrected chi connectivity index (χ3v) is 3.63. The highest BCUT2D eigenvalue weighted by Crippen LogP contribution is 2.18. The molecular weight excluding hydrogens is 218 g/mol. The van der Waals surface area contributed by atoms with E-state index in [-0.39, 0.29) is 0 Å². The van der Waals surface area contributed by atoms with Crippen LogP contribution < -0.4 is 5.32 Å². The highest BCUT2D eigenvalue weighted by Gasteiger charge is 2.07. The second-order valence-electron chi connectivity index (χ2n) is 5.45. The average molecular weight is 247 g/mol. The minimum Gasteiger partial charge on any atom is -0.310 e. The molecule has 0 fully saturated rings. The molecule has 1 unspecified atom stereocenters. The minimum atomic E-state index is 0.469. The SMILES string of the molecule is CCCCCCCNC(C)c1cc(C)ccc1C. The minimum absolute atomic E-state index is 0.469. The van der Waals surface area contributed by atoms with E-state index in [1.807, 2.05) is 0 Å². The molecule has 0 aliphatic carbocycles. The molecule has 0 saturated heterocycles. The van der Waals surface area contributed by atoms with Gasteiger partial charge in [-0.2, -0.15) is 0 Å². The second kappa shape index (κ2) is 8.31. The summed E-state index contributed by atoms with van der Waals surface area (Å²) in [6.07, 6.45) is 6.75. The monoisotopic (exact) mass is 247 g/mol. The Balaban J connectivity index is 2.31. The molecule has 0 aromatic heterocycles. The Kier molecular flexibility index (Phi) is 7.04. The zero-order valence-corrected chi connectivity index (χ0v) is 12.6. The second-order valence-corrected chi connectivity index (χ2v) is 5.45. The number of hydrogen-bond donors (Lipinski definition) is 1. The van der Waals surface area contributed by atoms with Gasteiger partial charge < -0.3 is 5.32 Å². The highest BCUT2D eigenvalue weighted by molar-refractivity contribution is 5.32. The van der Waals surface area contributed by atoms with E-state index in [4.69, 9.17) is 0 Å². The van der Waals surface area contributed by atoms with Gasteiger partial charge >= 0.3 is 0 Å². The van der Waals surface area contributed by atoms with Crippen LogP contribution in [-0.2, 0) is 0 Å². The Labute approximate surface area is 113 Å². The van der Waals surface area contributed by atoms with Crippen LogP contribution in [0, 0.1) is 13.8 Å². The number of unbranched alkanes of at least 4 members (excludes halogenated alkanes) is 4. The van der Waals surface area contributed by atoms with Crippen LogP contribution in [0.5, 0.6) is 0 Å². The number of aryl methyl sites for hydroxylation is 2. The summed E-state index contributed by atoms with van der Waals surface area (Å²) in [5, 5.41) is 3.64. The van der Waals surface area contributed by atoms with E-state index in [0.29, 0.717) is 6.04 Å². The van der Waals surface area contributed by atoms with Crippen LogP contribution in [-0.4, -0.2) is 6.54 Å². The lowest BCUT2D eigenvalue weighted by atomic mass is 10.00. The van der Waals surface area contributed by atoms with Crippen molar-refractivity contribution in [1.29, 1.82) is 0 Å². The molecule has 0 aliphatic rings. The molecule has 0 aliphatic heterocycles. The van der Waals surface area contributed by atoms with Crippen molar-refractivity contribution in [3.05, 3.63) is 34.9 Å². The molecule has 0 bridgehead atoms. The van der Waals surface area contributed by atoms with Gasteiger partial charge in [0.1, 0.15) is 0 Å². The van der Waals surface area contributed by atoms with Gasteiger partial charge in [0.05, 0.1) is 0 Å². The average Bonchev–Trinajstić information content (AvgIpc) is 2.36. The normalized spacial score (nSPS) is 12.7. The zero-order chi connectivity index (χ0) is 13.4. The van der Waals surface area contributed by atoms with Crippen LogP contribution in [0.15, 0.2) is 18.2 Å². The van der Waals surface area contributed by atoms with Crippen LogP contribution in [0.4, 0.5) is 0 Å². The molecule has 1 rings (SSSR count). The van der Waals surface area contributed by atoms with E-state index in [1.165, 1.54) is 48.8 Å². The van der Waals surface area contributed by atoms with Crippen molar-refractivity contribution in [2.75, 3.05) is 6.54 Å². The zero-order valence-electron chi connectivity index (χ0n) is 12.6. The molecule has 1 aromatic rings. The fourth-order valence-electron chi connectivity index (χ4n) is 2.38. The largest absolute Gasteiger partial charge is 0.310 e. The first-order valence-electron chi connectivity index (χ1n) is 7.45. The van der Waals surface area contributed by atoms with Gasteiger partial charge in [-0.1, -0.05) is 56.4 Å². The Morgan fingerprint density at radius 2 is 1.78 bits per heavy atom. The molecule has 102 valence electrons. The van der Waals surface area contributed by atoms with Crippen LogP contribution in [0.25, 0.3) is 0 Å². The maximum Gasteiger partial charge on any atom is 0.0294 e. The molecule has 1 heteroatoms. The third-order valence-electron chi connectivity index (χ3n) is 3.63. The summed E-state index contributed by atoms with van der Waals surface area (Å²) in [5.41, 5.74) is 4.20.